The van der Waals surface area contributed by atoms with Gasteiger partial charge in [-0.1, -0.05) is 33.6 Å². The number of Topliss-reactive ketones (excluding diaryl/α,β-unsaturated/α-hetero) is 1. The van der Waals surface area contributed by atoms with E-state index in [-0.39, 0.29) is 0 Å². The van der Waals surface area contributed by atoms with E-state index in [1.807, 2.05) is 0 Å². The molecule has 3 heteroatoms. The second-order valence-corrected chi connectivity index (χ2v) is 11.3. The van der Waals surface area contributed by atoms with Crippen molar-refractivity contribution in [1.29, 1.82) is 0 Å². The van der Waals surface area contributed by atoms with Gasteiger partial charge in [0, 0.05) is 13.0 Å². The average molecular weight is 258 g/mol. The van der Waals surface area contributed by atoms with Gasteiger partial charge in [0.2, 0.25) is 0 Å². The van der Waals surface area contributed by atoms with Gasteiger partial charge >= 0.3 is 0 Å². The van der Waals surface area contributed by atoms with Gasteiger partial charge in [-0.25, -0.2) is 0 Å². The Morgan fingerprint density at radius 2 is 1.59 bits per heavy atom. The number of hydrogen-bond donors (Lipinski definition) is 0. The van der Waals surface area contributed by atoms with Gasteiger partial charge in [0.1, 0.15) is 5.78 Å². The summed E-state index contributed by atoms with van der Waals surface area (Å²) in [5.41, 5.74) is 0. The first-order valence-electron chi connectivity index (χ1n) is 6.80. The molecule has 0 aliphatic rings. The maximum Gasteiger partial charge on any atom is 0.191 e. The van der Waals surface area contributed by atoms with Crippen LogP contribution in [0.5, 0.6) is 0 Å². The van der Waals surface area contributed by atoms with E-state index >= 15 is 0 Å². The minimum atomic E-state index is -1.55. The largest absolute Gasteiger partial charge is 0.417 e. The van der Waals surface area contributed by atoms with Crippen molar-refractivity contribution in [3.05, 3.63) is 0 Å². The Morgan fingerprint density at radius 1 is 1.06 bits per heavy atom. The molecule has 0 N–H and O–H groups in total. The molecule has 2 nitrogen and oxygen atoms in total. The molecule has 0 amide bonds. The molecule has 17 heavy (non-hydrogen) atoms. The molecule has 0 aromatic heterocycles. The lowest BCUT2D eigenvalue weighted by Crippen LogP contribution is -2.40. The minimum Gasteiger partial charge on any atom is -0.417 e. The summed E-state index contributed by atoms with van der Waals surface area (Å²) in [4.78, 5) is 10.8. The summed E-state index contributed by atoms with van der Waals surface area (Å²) in [6, 6.07) is 0. The van der Waals surface area contributed by atoms with Crippen LogP contribution in [0.4, 0.5) is 0 Å². The van der Waals surface area contributed by atoms with Crippen molar-refractivity contribution in [2.24, 2.45) is 0 Å². The van der Waals surface area contributed by atoms with Crippen LogP contribution >= 0.6 is 0 Å². The van der Waals surface area contributed by atoms with E-state index in [4.69, 9.17) is 4.43 Å². The van der Waals surface area contributed by atoms with Crippen LogP contribution in [-0.2, 0) is 9.22 Å². The Labute approximate surface area is 108 Å². The van der Waals surface area contributed by atoms with Crippen LogP contribution in [0.25, 0.3) is 0 Å². The number of unbranched alkanes of at least 4 members (excludes halogenated alkanes) is 3. The predicted molar refractivity (Wildman–Crippen MR) is 76.9 cm³/mol. The van der Waals surface area contributed by atoms with E-state index in [0.29, 0.717) is 10.8 Å². The quantitative estimate of drug-likeness (QED) is 0.472. The molecule has 0 aliphatic carbocycles. The molecule has 0 saturated heterocycles. The lowest BCUT2D eigenvalue weighted by Gasteiger charge is -2.36. The average Bonchev–Trinajstić information content (AvgIpc) is 2.13. The maximum absolute atomic E-state index is 10.8. The highest BCUT2D eigenvalue weighted by Gasteiger charge is 2.36. The van der Waals surface area contributed by atoms with E-state index in [1.54, 1.807) is 6.92 Å². The first kappa shape index (κ1) is 16.8. The fourth-order valence-corrected chi connectivity index (χ4v) is 2.46. The number of ketones is 1. The third-order valence-electron chi connectivity index (χ3n) is 3.69. The van der Waals surface area contributed by atoms with Crippen molar-refractivity contribution < 1.29 is 9.22 Å². The topological polar surface area (TPSA) is 26.3 Å². The summed E-state index contributed by atoms with van der Waals surface area (Å²) in [6.07, 6.45) is 5.24. The van der Waals surface area contributed by atoms with E-state index in [0.717, 1.165) is 32.3 Å². The Hall–Kier alpha value is -0.153. The highest BCUT2D eigenvalue weighted by Crippen LogP contribution is 2.36. The van der Waals surface area contributed by atoms with Crippen LogP contribution in [0.3, 0.4) is 0 Å². The molecular weight excluding hydrogens is 228 g/mol. The van der Waals surface area contributed by atoms with Crippen LogP contribution in [0.15, 0.2) is 0 Å². The first-order chi connectivity index (χ1) is 7.67. The van der Waals surface area contributed by atoms with Crippen LogP contribution in [0, 0.1) is 0 Å². The van der Waals surface area contributed by atoms with Crippen LogP contribution in [-0.4, -0.2) is 20.7 Å². The van der Waals surface area contributed by atoms with Gasteiger partial charge in [-0.15, -0.1) is 0 Å². The summed E-state index contributed by atoms with van der Waals surface area (Å²) in [7, 11) is -1.55. The predicted octanol–water partition coefficient (Wildman–Crippen LogP) is 4.55. The van der Waals surface area contributed by atoms with Crippen LogP contribution in [0.1, 0.15) is 59.8 Å². The molecule has 0 fully saturated rings. The SMILES string of the molecule is CC(=O)CCCCCCO[Si](C)(C)C(C)(C)C. The fourth-order valence-electron chi connectivity index (χ4n) is 1.37. The molecule has 0 spiro atoms. The third kappa shape index (κ3) is 7.71. The van der Waals surface area contributed by atoms with Gasteiger partial charge in [-0.2, -0.15) is 0 Å². The Morgan fingerprint density at radius 3 is 2.06 bits per heavy atom. The second kappa shape index (κ2) is 7.32. The van der Waals surface area contributed by atoms with E-state index < -0.39 is 8.32 Å². The highest BCUT2D eigenvalue weighted by atomic mass is 28.4. The fraction of sp³-hybridized carbons (Fsp3) is 0.929. The number of hydrogen-bond acceptors (Lipinski definition) is 2. The molecular formula is C14H30O2Si. The Kier molecular flexibility index (Phi) is 7.25. The molecule has 0 bridgehead atoms. The van der Waals surface area contributed by atoms with Crippen molar-refractivity contribution in [3.8, 4) is 0 Å². The normalized spacial score (nSPS) is 12.8. The van der Waals surface area contributed by atoms with Crippen molar-refractivity contribution in [3.63, 3.8) is 0 Å². The Bertz CT molecular complexity index is 229. The zero-order valence-electron chi connectivity index (χ0n) is 12.6. The number of carbonyl (C=O) groups is 1. The van der Waals surface area contributed by atoms with Gasteiger partial charge < -0.3 is 9.22 Å². The van der Waals surface area contributed by atoms with Crippen LogP contribution in [0.2, 0.25) is 18.1 Å². The van der Waals surface area contributed by atoms with Gasteiger partial charge in [-0.05, 0) is 37.9 Å². The zero-order valence-corrected chi connectivity index (χ0v) is 13.6. The van der Waals surface area contributed by atoms with E-state index in [9.17, 15) is 4.79 Å². The van der Waals surface area contributed by atoms with Gasteiger partial charge in [-0.3, -0.25) is 0 Å². The van der Waals surface area contributed by atoms with Gasteiger partial charge in [0.25, 0.3) is 0 Å². The summed E-state index contributed by atoms with van der Waals surface area (Å²) in [5.74, 6) is 0.308. The zero-order chi connectivity index (χ0) is 13.5. The lowest BCUT2D eigenvalue weighted by molar-refractivity contribution is -0.117. The summed E-state index contributed by atoms with van der Waals surface area (Å²) >= 11 is 0. The van der Waals surface area contributed by atoms with Gasteiger partial charge in [0.05, 0.1) is 0 Å². The van der Waals surface area contributed by atoms with E-state index in [1.165, 1.54) is 6.42 Å². The maximum atomic E-state index is 10.8. The van der Waals surface area contributed by atoms with Gasteiger partial charge in [0.15, 0.2) is 8.32 Å². The molecule has 0 unspecified atom stereocenters. The molecule has 0 atom stereocenters. The standard InChI is InChI=1S/C14H30O2Si/c1-13(15)11-9-7-8-10-12-16-17(5,6)14(2,3)4/h7-12H2,1-6H3. The van der Waals surface area contributed by atoms with Crippen molar-refractivity contribution in [1.82, 2.24) is 0 Å². The molecule has 0 aliphatic heterocycles. The molecule has 0 saturated carbocycles. The van der Waals surface area contributed by atoms with Crippen molar-refractivity contribution >= 4 is 14.1 Å². The highest BCUT2D eigenvalue weighted by molar-refractivity contribution is 6.74. The number of rotatable bonds is 8. The van der Waals surface area contributed by atoms with Crippen molar-refractivity contribution in [2.45, 2.75) is 77.9 Å². The summed E-state index contributed by atoms with van der Waals surface area (Å²) in [6.45, 7) is 14.0. The molecule has 0 radical (unpaired) electrons. The summed E-state index contributed by atoms with van der Waals surface area (Å²) < 4.78 is 6.09. The lowest BCUT2D eigenvalue weighted by atomic mass is 10.1. The molecule has 102 valence electrons. The summed E-state index contributed by atoms with van der Waals surface area (Å²) in [5, 5.41) is 0.307. The third-order valence-corrected chi connectivity index (χ3v) is 8.23. The molecule has 0 rings (SSSR count). The monoisotopic (exact) mass is 258 g/mol. The molecule has 0 aromatic carbocycles. The van der Waals surface area contributed by atoms with Crippen LogP contribution < -0.4 is 0 Å². The number of carbonyl (C=O) groups excluding carboxylic acids is 1. The Balaban J connectivity index is 3.55. The molecule has 0 heterocycles. The second-order valence-electron chi connectivity index (χ2n) is 6.48. The first-order valence-corrected chi connectivity index (χ1v) is 9.71. The molecule has 0 aromatic rings. The smallest absolute Gasteiger partial charge is 0.191 e. The van der Waals surface area contributed by atoms with E-state index in [2.05, 4.69) is 33.9 Å². The minimum absolute atomic E-state index is 0.307. The van der Waals surface area contributed by atoms with Crippen molar-refractivity contribution in [2.75, 3.05) is 6.61 Å².